The molecule has 2 amide bonds. The van der Waals surface area contributed by atoms with Crippen LogP contribution in [0.15, 0.2) is 70.7 Å². The minimum Gasteiger partial charge on any atom is -0.467 e. The Bertz CT molecular complexity index is 1110. The SMILES string of the molecule is O=C(CNC(=O)c1cc(-c2cccs2)nc2ccccc12)NCc1ccco1. The van der Waals surface area contributed by atoms with Gasteiger partial charge >= 0.3 is 0 Å². The number of hydrogen-bond acceptors (Lipinski definition) is 5. The van der Waals surface area contributed by atoms with Crippen molar-refractivity contribution in [1.29, 1.82) is 0 Å². The van der Waals surface area contributed by atoms with E-state index in [0.717, 1.165) is 21.5 Å². The molecule has 28 heavy (non-hydrogen) atoms. The number of furan rings is 1. The van der Waals surface area contributed by atoms with E-state index in [9.17, 15) is 9.59 Å². The molecule has 0 atom stereocenters. The first kappa shape index (κ1) is 17.9. The van der Waals surface area contributed by atoms with Crippen molar-refractivity contribution >= 4 is 34.1 Å². The van der Waals surface area contributed by atoms with E-state index in [1.54, 1.807) is 35.8 Å². The summed E-state index contributed by atoms with van der Waals surface area (Å²) in [5.74, 6) is 0.0477. The van der Waals surface area contributed by atoms with E-state index in [1.165, 1.54) is 0 Å². The Morgan fingerprint density at radius 2 is 1.93 bits per heavy atom. The largest absolute Gasteiger partial charge is 0.467 e. The van der Waals surface area contributed by atoms with Crippen LogP contribution in [-0.4, -0.2) is 23.3 Å². The average Bonchev–Trinajstić information content (AvgIpc) is 3.43. The Balaban J connectivity index is 1.51. The van der Waals surface area contributed by atoms with Gasteiger partial charge in [0.1, 0.15) is 5.76 Å². The third-order valence-corrected chi connectivity index (χ3v) is 5.08. The van der Waals surface area contributed by atoms with Gasteiger partial charge in [0.2, 0.25) is 5.91 Å². The van der Waals surface area contributed by atoms with Gasteiger partial charge in [0.25, 0.3) is 5.91 Å². The number of thiophene rings is 1. The normalized spacial score (nSPS) is 10.7. The minimum absolute atomic E-state index is 0.121. The number of benzene rings is 1. The van der Waals surface area contributed by atoms with Crippen molar-refractivity contribution in [2.75, 3.05) is 6.54 Å². The molecule has 140 valence electrons. The molecule has 0 saturated carbocycles. The van der Waals surface area contributed by atoms with Crippen molar-refractivity contribution in [3.63, 3.8) is 0 Å². The summed E-state index contributed by atoms with van der Waals surface area (Å²) >= 11 is 1.56. The number of rotatable bonds is 6. The van der Waals surface area contributed by atoms with E-state index in [2.05, 4.69) is 15.6 Å². The van der Waals surface area contributed by atoms with Crippen LogP contribution < -0.4 is 10.6 Å². The first-order valence-corrected chi connectivity index (χ1v) is 9.59. The summed E-state index contributed by atoms with van der Waals surface area (Å²) in [6, 6.07) is 16.7. The van der Waals surface area contributed by atoms with Gasteiger partial charge < -0.3 is 15.1 Å². The molecular weight excluding hydrogens is 374 g/mol. The molecule has 4 aromatic rings. The highest BCUT2D eigenvalue weighted by Gasteiger charge is 2.15. The van der Waals surface area contributed by atoms with E-state index in [1.807, 2.05) is 41.8 Å². The quantitative estimate of drug-likeness (QED) is 0.526. The van der Waals surface area contributed by atoms with Gasteiger partial charge in [-0.3, -0.25) is 9.59 Å². The Morgan fingerprint density at radius 3 is 2.71 bits per heavy atom. The first-order valence-electron chi connectivity index (χ1n) is 8.71. The second-order valence-corrected chi connectivity index (χ2v) is 7.04. The number of carbonyl (C=O) groups excluding carboxylic acids is 2. The molecule has 2 N–H and O–H groups in total. The lowest BCUT2D eigenvalue weighted by Gasteiger charge is -2.10. The van der Waals surface area contributed by atoms with E-state index in [4.69, 9.17) is 4.42 Å². The zero-order chi connectivity index (χ0) is 19.3. The number of nitrogens with zero attached hydrogens (tertiary/aromatic N) is 1. The minimum atomic E-state index is -0.315. The standard InChI is InChI=1S/C21H17N3O3S/c25-20(22-12-14-5-3-9-27-14)13-23-21(26)16-11-18(19-8-4-10-28-19)24-17-7-2-1-6-15(16)17/h1-11H,12-13H2,(H,22,25)(H,23,26). The number of fused-ring (bicyclic) bond motifs is 1. The first-order chi connectivity index (χ1) is 13.7. The van der Waals surface area contributed by atoms with Gasteiger partial charge in [-0.25, -0.2) is 4.98 Å². The van der Waals surface area contributed by atoms with Crippen LogP contribution >= 0.6 is 11.3 Å². The van der Waals surface area contributed by atoms with Gasteiger partial charge in [-0.05, 0) is 35.7 Å². The lowest BCUT2D eigenvalue weighted by Crippen LogP contribution is -2.36. The number of carbonyl (C=O) groups is 2. The summed E-state index contributed by atoms with van der Waals surface area (Å²) in [7, 11) is 0. The summed E-state index contributed by atoms with van der Waals surface area (Å²) in [5.41, 5.74) is 1.97. The molecule has 0 radical (unpaired) electrons. The number of para-hydroxylation sites is 1. The van der Waals surface area contributed by atoms with Crippen LogP contribution in [0.4, 0.5) is 0 Å². The van der Waals surface area contributed by atoms with Crippen molar-refractivity contribution in [2.45, 2.75) is 6.54 Å². The van der Waals surface area contributed by atoms with E-state index >= 15 is 0 Å². The van der Waals surface area contributed by atoms with Crippen LogP contribution in [-0.2, 0) is 11.3 Å². The fourth-order valence-electron chi connectivity index (χ4n) is 2.83. The fourth-order valence-corrected chi connectivity index (χ4v) is 3.52. The second-order valence-electron chi connectivity index (χ2n) is 6.09. The third-order valence-electron chi connectivity index (χ3n) is 4.18. The summed E-state index contributed by atoms with van der Waals surface area (Å²) in [6.07, 6.45) is 1.54. The Hall–Kier alpha value is -3.45. The Labute approximate surface area is 165 Å². The second kappa shape index (κ2) is 8.06. The average molecular weight is 391 g/mol. The molecule has 3 aromatic heterocycles. The van der Waals surface area contributed by atoms with Crippen molar-refractivity contribution in [3.05, 3.63) is 77.6 Å². The molecular formula is C21H17N3O3S. The molecule has 7 heteroatoms. The summed E-state index contributed by atoms with van der Waals surface area (Å²) in [4.78, 5) is 30.4. The van der Waals surface area contributed by atoms with Crippen LogP contribution in [0.3, 0.4) is 0 Å². The Kier molecular flexibility index (Phi) is 5.16. The molecule has 0 spiro atoms. The van der Waals surface area contributed by atoms with E-state index in [0.29, 0.717) is 11.3 Å². The van der Waals surface area contributed by atoms with Gasteiger partial charge in [-0.2, -0.15) is 0 Å². The molecule has 0 bridgehead atoms. The molecule has 0 unspecified atom stereocenters. The third kappa shape index (κ3) is 3.94. The maximum atomic E-state index is 12.8. The maximum absolute atomic E-state index is 12.8. The molecule has 6 nitrogen and oxygen atoms in total. The van der Waals surface area contributed by atoms with Gasteiger partial charge in [0.15, 0.2) is 0 Å². The molecule has 0 aliphatic carbocycles. The van der Waals surface area contributed by atoms with Crippen molar-refractivity contribution in [1.82, 2.24) is 15.6 Å². The smallest absolute Gasteiger partial charge is 0.252 e. The topological polar surface area (TPSA) is 84.2 Å². The highest BCUT2D eigenvalue weighted by atomic mass is 32.1. The fraction of sp³-hybridized carbons (Fsp3) is 0.0952. The van der Waals surface area contributed by atoms with E-state index in [-0.39, 0.29) is 24.9 Å². The van der Waals surface area contributed by atoms with Crippen molar-refractivity contribution in [3.8, 4) is 10.6 Å². The maximum Gasteiger partial charge on any atom is 0.252 e. The summed E-state index contributed by atoms with van der Waals surface area (Å²) in [6.45, 7) is 0.160. The predicted octanol–water partition coefficient (Wildman–Crippen LogP) is 3.60. The highest BCUT2D eigenvalue weighted by Crippen LogP contribution is 2.27. The Morgan fingerprint density at radius 1 is 1.04 bits per heavy atom. The van der Waals surface area contributed by atoms with E-state index < -0.39 is 0 Å². The monoisotopic (exact) mass is 391 g/mol. The van der Waals surface area contributed by atoms with Gasteiger partial charge in [-0.1, -0.05) is 24.3 Å². The highest BCUT2D eigenvalue weighted by molar-refractivity contribution is 7.13. The summed E-state index contributed by atoms with van der Waals surface area (Å²) in [5, 5.41) is 8.11. The number of nitrogens with one attached hydrogen (secondary N) is 2. The van der Waals surface area contributed by atoms with Gasteiger partial charge in [-0.15, -0.1) is 11.3 Å². The zero-order valence-electron chi connectivity index (χ0n) is 14.8. The lowest BCUT2D eigenvalue weighted by molar-refractivity contribution is -0.120. The molecule has 0 aliphatic heterocycles. The molecule has 0 fully saturated rings. The van der Waals surface area contributed by atoms with Crippen LogP contribution in [0.5, 0.6) is 0 Å². The van der Waals surface area contributed by atoms with Crippen LogP contribution in [0.2, 0.25) is 0 Å². The molecule has 1 aromatic carbocycles. The number of pyridine rings is 1. The number of amides is 2. The summed E-state index contributed by atoms with van der Waals surface area (Å²) < 4.78 is 5.17. The molecule has 4 rings (SSSR count). The lowest BCUT2D eigenvalue weighted by atomic mass is 10.1. The van der Waals surface area contributed by atoms with Crippen LogP contribution in [0, 0.1) is 0 Å². The van der Waals surface area contributed by atoms with Crippen LogP contribution in [0.25, 0.3) is 21.5 Å². The molecule has 3 heterocycles. The van der Waals surface area contributed by atoms with Crippen LogP contribution in [0.1, 0.15) is 16.1 Å². The predicted molar refractivity (Wildman–Crippen MR) is 108 cm³/mol. The number of hydrogen-bond donors (Lipinski definition) is 2. The number of aromatic nitrogens is 1. The van der Waals surface area contributed by atoms with Crippen molar-refractivity contribution < 1.29 is 14.0 Å². The molecule has 0 saturated heterocycles. The van der Waals surface area contributed by atoms with Gasteiger partial charge in [0.05, 0.1) is 41.0 Å². The van der Waals surface area contributed by atoms with Crippen molar-refractivity contribution in [2.24, 2.45) is 0 Å². The zero-order valence-corrected chi connectivity index (χ0v) is 15.7. The van der Waals surface area contributed by atoms with Gasteiger partial charge in [0, 0.05) is 5.39 Å². The molecule has 0 aliphatic rings.